The molecule has 2 rings (SSSR count). The molecule has 1 unspecified atom stereocenters. The van der Waals surface area contributed by atoms with Gasteiger partial charge in [0.1, 0.15) is 5.76 Å². The molecule has 1 saturated heterocycles. The van der Waals surface area contributed by atoms with Crippen molar-refractivity contribution >= 4 is 18.3 Å². The van der Waals surface area contributed by atoms with Gasteiger partial charge in [-0.2, -0.15) is 0 Å². The molecule has 19 heavy (non-hydrogen) atoms. The van der Waals surface area contributed by atoms with Crippen LogP contribution in [0.2, 0.25) is 0 Å². The van der Waals surface area contributed by atoms with Crippen molar-refractivity contribution in [3.63, 3.8) is 0 Å². The van der Waals surface area contributed by atoms with Gasteiger partial charge in [-0.3, -0.25) is 4.79 Å². The van der Waals surface area contributed by atoms with Gasteiger partial charge in [0.2, 0.25) is 5.91 Å². The van der Waals surface area contributed by atoms with Gasteiger partial charge in [0.05, 0.1) is 12.1 Å². The van der Waals surface area contributed by atoms with Gasteiger partial charge in [0, 0.05) is 12.6 Å². The second kappa shape index (κ2) is 8.17. The van der Waals surface area contributed by atoms with Gasteiger partial charge < -0.3 is 15.2 Å². The summed E-state index contributed by atoms with van der Waals surface area (Å²) in [6, 6.07) is 1.80. The summed E-state index contributed by atoms with van der Waals surface area (Å²) in [5.74, 6) is 1.46. The Morgan fingerprint density at radius 1 is 1.63 bits per heavy atom. The minimum absolute atomic E-state index is 0. The van der Waals surface area contributed by atoms with Gasteiger partial charge in [-0.1, -0.05) is 5.16 Å². The number of hydrogen-bond acceptors (Lipinski definition) is 4. The van der Waals surface area contributed by atoms with Crippen molar-refractivity contribution in [1.29, 1.82) is 0 Å². The van der Waals surface area contributed by atoms with E-state index < -0.39 is 0 Å². The third kappa shape index (κ3) is 5.61. The van der Waals surface area contributed by atoms with Gasteiger partial charge in [0.15, 0.2) is 0 Å². The Morgan fingerprint density at radius 3 is 3.11 bits per heavy atom. The molecule has 0 aliphatic carbocycles. The number of hydrogen-bond donors (Lipinski definition) is 2. The lowest BCUT2D eigenvalue weighted by Crippen LogP contribution is -2.33. The first-order chi connectivity index (χ1) is 8.74. The quantitative estimate of drug-likeness (QED) is 0.860. The fraction of sp³-hybridized carbons (Fsp3) is 0.692. The van der Waals surface area contributed by atoms with E-state index in [9.17, 15) is 4.79 Å². The minimum atomic E-state index is 0. The van der Waals surface area contributed by atoms with Crippen molar-refractivity contribution in [3.05, 3.63) is 17.5 Å². The monoisotopic (exact) mass is 287 g/mol. The van der Waals surface area contributed by atoms with E-state index in [1.807, 2.05) is 6.92 Å². The highest BCUT2D eigenvalue weighted by Gasteiger charge is 2.13. The number of halogens is 1. The van der Waals surface area contributed by atoms with Gasteiger partial charge in [-0.25, -0.2) is 0 Å². The van der Waals surface area contributed by atoms with Crippen LogP contribution in [-0.2, 0) is 11.2 Å². The van der Waals surface area contributed by atoms with Crippen molar-refractivity contribution in [3.8, 4) is 0 Å². The van der Waals surface area contributed by atoms with Crippen molar-refractivity contribution < 1.29 is 9.32 Å². The van der Waals surface area contributed by atoms with E-state index in [-0.39, 0.29) is 18.3 Å². The molecule has 1 aliphatic rings. The number of carbonyl (C=O) groups is 1. The van der Waals surface area contributed by atoms with Gasteiger partial charge in [-0.05, 0) is 45.2 Å². The lowest BCUT2D eigenvalue weighted by molar-refractivity contribution is -0.120. The van der Waals surface area contributed by atoms with Crippen LogP contribution in [0.25, 0.3) is 0 Å². The Hall–Kier alpha value is -1.07. The van der Waals surface area contributed by atoms with Crippen LogP contribution < -0.4 is 10.6 Å². The molecular weight excluding hydrogens is 266 g/mol. The second-order valence-electron chi connectivity index (χ2n) is 4.96. The van der Waals surface area contributed by atoms with Crippen molar-refractivity contribution in [1.82, 2.24) is 15.8 Å². The van der Waals surface area contributed by atoms with E-state index in [1.165, 1.54) is 12.8 Å². The zero-order chi connectivity index (χ0) is 12.8. The predicted molar refractivity (Wildman–Crippen MR) is 75.4 cm³/mol. The normalized spacial score (nSPS) is 18.7. The summed E-state index contributed by atoms with van der Waals surface area (Å²) < 4.78 is 4.93. The van der Waals surface area contributed by atoms with E-state index in [4.69, 9.17) is 4.52 Å². The molecule has 0 bridgehead atoms. The Kier molecular flexibility index (Phi) is 6.87. The lowest BCUT2D eigenvalue weighted by Gasteiger charge is -2.22. The van der Waals surface area contributed by atoms with Crippen LogP contribution in [0.3, 0.4) is 0 Å². The fourth-order valence-corrected chi connectivity index (χ4v) is 2.31. The van der Waals surface area contributed by atoms with Gasteiger partial charge in [0.25, 0.3) is 0 Å². The number of piperidine rings is 1. The van der Waals surface area contributed by atoms with E-state index in [0.29, 0.717) is 18.0 Å². The maximum absolute atomic E-state index is 11.7. The van der Waals surface area contributed by atoms with E-state index in [2.05, 4.69) is 15.8 Å². The van der Waals surface area contributed by atoms with Crippen LogP contribution >= 0.6 is 12.4 Å². The summed E-state index contributed by atoms with van der Waals surface area (Å²) in [6.07, 6.45) is 3.87. The highest BCUT2D eigenvalue weighted by molar-refractivity contribution is 5.85. The Morgan fingerprint density at radius 2 is 2.47 bits per heavy atom. The zero-order valence-corrected chi connectivity index (χ0v) is 12.1. The van der Waals surface area contributed by atoms with Crippen LogP contribution in [-0.4, -0.2) is 30.7 Å². The molecule has 1 aliphatic heterocycles. The molecule has 0 saturated carbocycles. The third-order valence-corrected chi connectivity index (χ3v) is 3.29. The van der Waals surface area contributed by atoms with Crippen LogP contribution in [0.15, 0.2) is 10.6 Å². The predicted octanol–water partition coefficient (Wildman–Crippen LogP) is 1.45. The molecule has 2 heterocycles. The largest absolute Gasteiger partial charge is 0.361 e. The molecular formula is C13H22ClN3O2. The lowest BCUT2D eigenvalue weighted by atomic mass is 9.96. The fourth-order valence-electron chi connectivity index (χ4n) is 2.31. The highest BCUT2D eigenvalue weighted by atomic mass is 35.5. The topological polar surface area (TPSA) is 67.2 Å². The van der Waals surface area contributed by atoms with E-state index in [0.717, 1.165) is 31.8 Å². The molecule has 1 atom stereocenters. The zero-order valence-electron chi connectivity index (χ0n) is 11.3. The number of aryl methyl sites for hydroxylation is 1. The van der Waals surface area contributed by atoms with Crippen molar-refractivity contribution in [2.75, 3.05) is 19.6 Å². The molecule has 2 N–H and O–H groups in total. The van der Waals surface area contributed by atoms with Crippen molar-refractivity contribution in [2.24, 2.45) is 5.92 Å². The Bertz CT molecular complexity index is 389. The second-order valence-corrected chi connectivity index (χ2v) is 4.96. The van der Waals surface area contributed by atoms with Crippen LogP contribution in [0, 0.1) is 12.8 Å². The third-order valence-electron chi connectivity index (χ3n) is 3.29. The number of nitrogens with zero attached hydrogens (tertiary/aromatic N) is 1. The SMILES string of the molecule is Cc1cc(CC(=O)NCCC2CCCNC2)no1.Cl. The minimum Gasteiger partial charge on any atom is -0.361 e. The number of nitrogens with one attached hydrogen (secondary N) is 2. The molecule has 0 aromatic carbocycles. The first-order valence-electron chi connectivity index (χ1n) is 6.63. The smallest absolute Gasteiger partial charge is 0.226 e. The average Bonchev–Trinajstić information content (AvgIpc) is 2.76. The summed E-state index contributed by atoms with van der Waals surface area (Å²) in [5, 5.41) is 10.1. The molecule has 6 heteroatoms. The van der Waals surface area contributed by atoms with Gasteiger partial charge in [-0.15, -0.1) is 12.4 Å². The average molecular weight is 288 g/mol. The molecule has 5 nitrogen and oxygen atoms in total. The summed E-state index contributed by atoms with van der Waals surface area (Å²) in [4.78, 5) is 11.7. The molecule has 108 valence electrons. The Balaban J connectivity index is 0.00000180. The van der Waals surface area contributed by atoms with Crippen LogP contribution in [0.4, 0.5) is 0 Å². The van der Waals surface area contributed by atoms with E-state index in [1.54, 1.807) is 6.07 Å². The maximum Gasteiger partial charge on any atom is 0.226 e. The summed E-state index contributed by atoms with van der Waals surface area (Å²) in [6.45, 7) is 4.79. The number of rotatable bonds is 5. The van der Waals surface area contributed by atoms with Gasteiger partial charge >= 0.3 is 0 Å². The molecule has 1 amide bonds. The van der Waals surface area contributed by atoms with E-state index >= 15 is 0 Å². The number of aromatic nitrogens is 1. The summed E-state index contributed by atoms with van der Waals surface area (Å²) >= 11 is 0. The molecule has 0 radical (unpaired) electrons. The maximum atomic E-state index is 11.7. The molecule has 1 aromatic heterocycles. The standard InChI is InChI=1S/C13H21N3O2.ClH/c1-10-7-12(16-18-10)8-13(17)15-6-4-11-3-2-5-14-9-11;/h7,11,14H,2-6,8-9H2,1H3,(H,15,17);1H. The van der Waals surface area contributed by atoms with Crippen molar-refractivity contribution in [2.45, 2.75) is 32.6 Å². The molecule has 1 aromatic rings. The highest BCUT2D eigenvalue weighted by Crippen LogP contribution is 2.12. The molecule has 0 spiro atoms. The molecule has 1 fully saturated rings. The summed E-state index contributed by atoms with van der Waals surface area (Å²) in [7, 11) is 0. The van der Waals surface area contributed by atoms with Crippen LogP contribution in [0.5, 0.6) is 0 Å². The first-order valence-corrected chi connectivity index (χ1v) is 6.63. The first kappa shape index (κ1) is 16.0. The summed E-state index contributed by atoms with van der Waals surface area (Å²) in [5.41, 5.74) is 0.698. The Labute approximate surface area is 119 Å². The number of carbonyl (C=O) groups excluding carboxylic acids is 1. The van der Waals surface area contributed by atoms with Crippen LogP contribution in [0.1, 0.15) is 30.7 Å². The number of amides is 1.